The molecule has 11 nitrogen and oxygen atoms in total. The van der Waals surface area contributed by atoms with Crippen LogP contribution in [0.25, 0.3) is 5.82 Å². The molecule has 3 aromatic heterocycles. The number of ether oxygens (including phenoxy) is 1. The molecule has 0 saturated heterocycles. The fourth-order valence-electron chi connectivity index (χ4n) is 5.00. The number of benzene rings is 1. The highest BCUT2D eigenvalue weighted by Crippen LogP contribution is 2.20. The molecule has 1 atom stereocenters. The van der Waals surface area contributed by atoms with Crippen LogP contribution in [0.15, 0.2) is 73.3 Å². The second-order valence-corrected chi connectivity index (χ2v) is 10.3. The van der Waals surface area contributed by atoms with Gasteiger partial charge in [0.25, 0.3) is 0 Å². The molecule has 0 radical (unpaired) electrons. The van der Waals surface area contributed by atoms with Crippen molar-refractivity contribution in [2.75, 3.05) is 43.4 Å². The Morgan fingerprint density at radius 2 is 2.00 bits per heavy atom. The van der Waals surface area contributed by atoms with Crippen molar-refractivity contribution in [2.24, 2.45) is 0 Å². The van der Waals surface area contributed by atoms with Crippen LogP contribution in [0.5, 0.6) is 5.75 Å². The summed E-state index contributed by atoms with van der Waals surface area (Å²) >= 11 is 0. The number of hydrogen-bond donors (Lipinski definition) is 3. The Morgan fingerprint density at radius 3 is 2.83 bits per heavy atom. The van der Waals surface area contributed by atoms with Gasteiger partial charge in [-0.15, -0.1) is 0 Å². The van der Waals surface area contributed by atoms with Gasteiger partial charge in [-0.25, -0.2) is 24.4 Å². The molecule has 5 rings (SSSR count). The first kappa shape index (κ1) is 29.0. The standard InChI is InChI=1S/C31H38N8O3/c40-31(41)27(37-28-22-29(34-23-33-28)39-18-7-16-35-39)14-19-38(20-21-42-26-10-2-1-3-11-26)17-5-4-9-25-13-12-24-8-6-15-32-30(24)36-25/h1-3,7,10-13,16,18,22-23,27H,4-6,8-9,14-15,17,19-21H2,(H,32,36)(H,40,41)(H,33,34,37). The van der Waals surface area contributed by atoms with Crippen LogP contribution in [0.3, 0.4) is 0 Å². The minimum Gasteiger partial charge on any atom is -0.492 e. The molecular weight excluding hydrogens is 532 g/mol. The number of pyridine rings is 1. The van der Waals surface area contributed by atoms with Gasteiger partial charge in [0.1, 0.15) is 36.4 Å². The largest absolute Gasteiger partial charge is 0.492 e. The lowest BCUT2D eigenvalue weighted by atomic mass is 10.1. The number of aromatic nitrogens is 5. The lowest BCUT2D eigenvalue weighted by Gasteiger charge is -2.24. The lowest BCUT2D eigenvalue weighted by Crippen LogP contribution is -2.37. The Morgan fingerprint density at radius 1 is 1.10 bits per heavy atom. The van der Waals surface area contributed by atoms with E-state index in [2.05, 4.69) is 42.7 Å². The van der Waals surface area contributed by atoms with E-state index in [1.165, 1.54) is 11.9 Å². The van der Waals surface area contributed by atoms with Crippen LogP contribution in [0.2, 0.25) is 0 Å². The van der Waals surface area contributed by atoms with Crippen LogP contribution in [0.1, 0.15) is 36.9 Å². The SMILES string of the molecule is O=C(O)C(CCN(CCCCc1ccc2c(n1)NCCC2)CCOc1ccccc1)Nc1cc(-n2cccn2)ncn1. The summed E-state index contributed by atoms with van der Waals surface area (Å²) in [6, 6.07) is 16.8. The zero-order valence-electron chi connectivity index (χ0n) is 23.7. The monoisotopic (exact) mass is 570 g/mol. The lowest BCUT2D eigenvalue weighted by molar-refractivity contribution is -0.138. The van der Waals surface area contributed by atoms with E-state index in [1.54, 1.807) is 29.2 Å². The summed E-state index contributed by atoms with van der Waals surface area (Å²) in [6.45, 7) is 3.63. The number of aliphatic carboxylic acids is 1. The fourth-order valence-corrected chi connectivity index (χ4v) is 5.00. The van der Waals surface area contributed by atoms with Crippen molar-refractivity contribution >= 4 is 17.6 Å². The zero-order chi connectivity index (χ0) is 29.0. The van der Waals surface area contributed by atoms with E-state index >= 15 is 0 Å². The molecule has 1 aromatic carbocycles. The van der Waals surface area contributed by atoms with E-state index in [-0.39, 0.29) is 0 Å². The van der Waals surface area contributed by atoms with Gasteiger partial charge in [-0.05, 0) is 74.9 Å². The molecule has 220 valence electrons. The van der Waals surface area contributed by atoms with Crippen LogP contribution in [0.4, 0.5) is 11.6 Å². The molecule has 0 amide bonds. The Labute approximate surface area is 246 Å². The Bertz CT molecular complexity index is 1400. The van der Waals surface area contributed by atoms with Gasteiger partial charge in [0.15, 0.2) is 5.82 Å². The molecule has 4 aromatic rings. The molecule has 11 heteroatoms. The number of hydrogen-bond acceptors (Lipinski definition) is 9. The van der Waals surface area contributed by atoms with Crippen molar-refractivity contribution in [3.63, 3.8) is 0 Å². The van der Waals surface area contributed by atoms with Gasteiger partial charge >= 0.3 is 5.97 Å². The van der Waals surface area contributed by atoms with Gasteiger partial charge in [-0.3, -0.25) is 4.90 Å². The third-order valence-corrected chi connectivity index (χ3v) is 7.27. The molecule has 4 heterocycles. The summed E-state index contributed by atoms with van der Waals surface area (Å²) in [5, 5.41) is 20.6. The number of nitrogens with one attached hydrogen (secondary N) is 2. The average molecular weight is 571 g/mol. The van der Waals surface area contributed by atoms with Crippen molar-refractivity contribution < 1.29 is 14.6 Å². The van der Waals surface area contributed by atoms with Crippen molar-refractivity contribution in [1.29, 1.82) is 0 Å². The molecule has 1 aliphatic heterocycles. The number of carboxylic acid groups (broad SMARTS) is 1. The summed E-state index contributed by atoms with van der Waals surface area (Å²) in [5.41, 5.74) is 2.41. The third-order valence-electron chi connectivity index (χ3n) is 7.27. The van der Waals surface area contributed by atoms with E-state index in [9.17, 15) is 9.90 Å². The number of nitrogens with zero attached hydrogens (tertiary/aromatic N) is 6. The van der Waals surface area contributed by atoms with Gasteiger partial charge in [0, 0.05) is 43.8 Å². The number of unbranched alkanes of at least 4 members (excludes halogenated alkanes) is 1. The van der Waals surface area contributed by atoms with Gasteiger partial charge < -0.3 is 20.5 Å². The smallest absolute Gasteiger partial charge is 0.326 e. The summed E-state index contributed by atoms with van der Waals surface area (Å²) < 4.78 is 7.55. The van der Waals surface area contributed by atoms with E-state index in [4.69, 9.17) is 9.72 Å². The maximum Gasteiger partial charge on any atom is 0.326 e. The molecule has 1 aliphatic rings. The summed E-state index contributed by atoms with van der Waals surface area (Å²) in [5.74, 6) is 1.93. The first-order valence-electron chi connectivity index (χ1n) is 14.6. The number of carbonyl (C=O) groups is 1. The second kappa shape index (κ2) is 14.9. The van der Waals surface area contributed by atoms with E-state index in [0.29, 0.717) is 37.8 Å². The number of rotatable bonds is 16. The predicted octanol–water partition coefficient (Wildman–Crippen LogP) is 4.07. The van der Waals surface area contributed by atoms with Crippen LogP contribution < -0.4 is 15.4 Å². The van der Waals surface area contributed by atoms with Crippen LogP contribution in [0, 0.1) is 0 Å². The fraction of sp³-hybridized carbons (Fsp3) is 0.387. The third kappa shape index (κ3) is 8.50. The van der Waals surface area contributed by atoms with Crippen molar-refractivity contribution in [3.8, 4) is 11.6 Å². The minimum atomic E-state index is -0.929. The van der Waals surface area contributed by atoms with Crippen molar-refractivity contribution in [3.05, 3.63) is 84.6 Å². The highest BCUT2D eigenvalue weighted by atomic mass is 16.5. The molecule has 1 unspecified atom stereocenters. The van der Waals surface area contributed by atoms with Crippen molar-refractivity contribution in [1.82, 2.24) is 29.6 Å². The van der Waals surface area contributed by atoms with Gasteiger partial charge in [0.05, 0.1) is 0 Å². The predicted molar refractivity (Wildman–Crippen MR) is 161 cm³/mol. The molecule has 0 bridgehead atoms. The number of aryl methyl sites for hydroxylation is 2. The number of para-hydroxylation sites is 1. The molecule has 42 heavy (non-hydrogen) atoms. The molecule has 0 aliphatic carbocycles. The molecule has 0 saturated carbocycles. The van der Waals surface area contributed by atoms with Gasteiger partial charge in [0.2, 0.25) is 0 Å². The van der Waals surface area contributed by atoms with Gasteiger partial charge in [-0.1, -0.05) is 24.3 Å². The van der Waals surface area contributed by atoms with Gasteiger partial charge in [-0.2, -0.15) is 5.10 Å². The topological polar surface area (TPSA) is 130 Å². The average Bonchev–Trinajstić information content (AvgIpc) is 3.57. The van der Waals surface area contributed by atoms with E-state index < -0.39 is 12.0 Å². The van der Waals surface area contributed by atoms with Crippen LogP contribution in [-0.4, -0.2) is 79.5 Å². The quantitative estimate of drug-likeness (QED) is 0.169. The van der Waals surface area contributed by atoms with Crippen LogP contribution in [-0.2, 0) is 17.6 Å². The normalized spacial score (nSPS) is 13.3. The molecular formula is C31H38N8O3. The number of fused-ring (bicyclic) bond motifs is 1. The first-order valence-corrected chi connectivity index (χ1v) is 14.6. The molecule has 0 spiro atoms. The maximum absolute atomic E-state index is 12.2. The maximum atomic E-state index is 12.2. The highest BCUT2D eigenvalue weighted by molar-refractivity contribution is 5.76. The Balaban J connectivity index is 1.15. The molecule has 3 N–H and O–H groups in total. The summed E-state index contributed by atoms with van der Waals surface area (Å²) in [6.07, 6.45) is 10.4. The van der Waals surface area contributed by atoms with E-state index in [0.717, 1.165) is 62.5 Å². The second-order valence-electron chi connectivity index (χ2n) is 10.3. The summed E-state index contributed by atoms with van der Waals surface area (Å²) in [7, 11) is 0. The Kier molecular flexibility index (Phi) is 10.3. The Hall–Kier alpha value is -4.51. The van der Waals surface area contributed by atoms with E-state index in [1.807, 2.05) is 30.3 Å². The number of anilines is 2. The zero-order valence-corrected chi connectivity index (χ0v) is 23.7. The number of carboxylic acids is 1. The summed E-state index contributed by atoms with van der Waals surface area (Å²) in [4.78, 5) is 27.7. The minimum absolute atomic E-state index is 0.403. The first-order chi connectivity index (χ1) is 20.6. The van der Waals surface area contributed by atoms with Crippen molar-refractivity contribution in [2.45, 2.75) is 44.6 Å². The molecule has 0 fully saturated rings. The highest BCUT2D eigenvalue weighted by Gasteiger charge is 2.20. The van der Waals surface area contributed by atoms with Crippen LogP contribution >= 0.6 is 0 Å².